The number of carbonyl (C=O) groups excluding carboxylic acids is 1. The van der Waals surface area contributed by atoms with Crippen molar-refractivity contribution in [2.75, 3.05) is 13.4 Å². The van der Waals surface area contributed by atoms with Crippen molar-refractivity contribution in [2.24, 2.45) is 0 Å². The van der Waals surface area contributed by atoms with Crippen LogP contribution >= 0.6 is 0 Å². The Labute approximate surface area is 183 Å². The molecule has 1 aliphatic carbocycles. The molecule has 0 spiro atoms. The number of carbonyl (C=O) groups is 1. The van der Waals surface area contributed by atoms with Crippen LogP contribution in [0.4, 0.5) is 0 Å². The number of aliphatic hydroxyl groups excluding tert-OH is 1. The number of fused-ring (bicyclic) bond motifs is 3. The highest BCUT2D eigenvalue weighted by Crippen LogP contribution is 2.38. The summed E-state index contributed by atoms with van der Waals surface area (Å²) in [6, 6.07) is 18.8. The summed E-state index contributed by atoms with van der Waals surface area (Å²) in [7, 11) is 0. The lowest BCUT2D eigenvalue weighted by Crippen LogP contribution is -2.22. The van der Waals surface area contributed by atoms with Crippen LogP contribution in [0.1, 0.15) is 21.5 Å². The molecule has 2 heterocycles. The van der Waals surface area contributed by atoms with Gasteiger partial charge in [-0.15, -0.1) is 0 Å². The number of benzene rings is 3. The predicted molar refractivity (Wildman–Crippen MR) is 117 cm³/mol. The molecule has 160 valence electrons. The van der Waals surface area contributed by atoms with Crippen molar-refractivity contribution in [3.8, 4) is 22.8 Å². The molecule has 1 aromatic heterocycles. The number of nitrogens with zero attached hydrogens (tertiary/aromatic N) is 2. The maximum Gasteiger partial charge on any atom is 0.231 e. The number of aliphatic hydroxyl groups is 1. The standard InChI is InChI=1S/C25H20N2O5/c28-16(13-30-12-15-8-9-21-22(10-15)32-14-31-21)11-27-20-7-3-6-19-23(20)24(26-27)17-4-1-2-5-18(17)25(19)29/h1-10,16,28H,11-14H2/t16-/m1/s1. The maximum absolute atomic E-state index is 12.9. The molecule has 32 heavy (non-hydrogen) atoms. The number of rotatable bonds is 6. The van der Waals surface area contributed by atoms with E-state index in [1.54, 1.807) is 4.68 Å². The molecule has 0 saturated carbocycles. The van der Waals surface area contributed by atoms with E-state index >= 15 is 0 Å². The lowest BCUT2D eigenvalue weighted by molar-refractivity contribution is 0.0193. The van der Waals surface area contributed by atoms with Crippen LogP contribution in [0.2, 0.25) is 0 Å². The molecular formula is C25H20N2O5. The molecule has 3 aromatic carbocycles. The van der Waals surface area contributed by atoms with Crippen LogP contribution in [0.5, 0.6) is 11.5 Å². The van der Waals surface area contributed by atoms with Gasteiger partial charge < -0.3 is 19.3 Å². The van der Waals surface area contributed by atoms with Gasteiger partial charge in [-0.1, -0.05) is 42.5 Å². The largest absolute Gasteiger partial charge is 0.454 e. The van der Waals surface area contributed by atoms with Crippen molar-refractivity contribution in [1.29, 1.82) is 0 Å². The van der Waals surface area contributed by atoms with Gasteiger partial charge in [-0.2, -0.15) is 5.10 Å². The fraction of sp³-hybridized carbons (Fsp3) is 0.200. The summed E-state index contributed by atoms with van der Waals surface area (Å²) in [6.45, 7) is 0.999. The Bertz CT molecular complexity index is 1360. The molecule has 0 unspecified atom stereocenters. The summed E-state index contributed by atoms with van der Waals surface area (Å²) in [6.07, 6.45) is -0.754. The van der Waals surface area contributed by atoms with Gasteiger partial charge in [-0.25, -0.2) is 0 Å². The van der Waals surface area contributed by atoms with Crippen LogP contribution in [-0.2, 0) is 17.9 Å². The van der Waals surface area contributed by atoms with E-state index < -0.39 is 6.10 Å². The third-order valence-corrected chi connectivity index (χ3v) is 5.85. The Hall–Kier alpha value is -3.68. The second-order valence-electron chi connectivity index (χ2n) is 7.96. The van der Waals surface area contributed by atoms with Gasteiger partial charge in [0.1, 0.15) is 5.69 Å². The van der Waals surface area contributed by atoms with Crippen LogP contribution in [0.3, 0.4) is 0 Å². The molecule has 4 aromatic rings. The van der Waals surface area contributed by atoms with Crippen molar-refractivity contribution in [3.63, 3.8) is 0 Å². The van der Waals surface area contributed by atoms with Crippen molar-refractivity contribution >= 4 is 16.7 Å². The molecule has 0 radical (unpaired) electrons. The van der Waals surface area contributed by atoms with Gasteiger partial charge in [0.2, 0.25) is 6.79 Å². The molecule has 1 N–H and O–H groups in total. The molecule has 6 rings (SSSR count). The summed E-state index contributed by atoms with van der Waals surface area (Å²) < 4.78 is 18.2. The number of aromatic nitrogens is 2. The van der Waals surface area contributed by atoms with E-state index in [-0.39, 0.29) is 25.7 Å². The highest BCUT2D eigenvalue weighted by molar-refractivity contribution is 6.25. The molecular weight excluding hydrogens is 408 g/mol. The topological polar surface area (TPSA) is 82.8 Å². The third-order valence-electron chi connectivity index (χ3n) is 5.85. The quantitative estimate of drug-likeness (QED) is 0.445. The second-order valence-corrected chi connectivity index (χ2v) is 7.96. The van der Waals surface area contributed by atoms with Gasteiger partial charge in [0.25, 0.3) is 0 Å². The molecule has 1 aliphatic heterocycles. The van der Waals surface area contributed by atoms with E-state index in [4.69, 9.17) is 19.3 Å². The average molecular weight is 428 g/mol. The summed E-state index contributed by atoms with van der Waals surface area (Å²) in [4.78, 5) is 12.9. The van der Waals surface area contributed by atoms with E-state index in [0.717, 1.165) is 33.5 Å². The summed E-state index contributed by atoms with van der Waals surface area (Å²) in [5.41, 5.74) is 4.68. The summed E-state index contributed by atoms with van der Waals surface area (Å²) >= 11 is 0. The van der Waals surface area contributed by atoms with Crippen LogP contribution in [0.25, 0.3) is 22.2 Å². The number of hydrogen-bond donors (Lipinski definition) is 1. The summed E-state index contributed by atoms with van der Waals surface area (Å²) in [5.74, 6) is 1.44. The Balaban J connectivity index is 1.20. The first kappa shape index (κ1) is 19.0. The maximum atomic E-state index is 12.9. The zero-order chi connectivity index (χ0) is 21.7. The van der Waals surface area contributed by atoms with Gasteiger partial charge in [0.15, 0.2) is 17.3 Å². The molecule has 0 bridgehead atoms. The highest BCUT2D eigenvalue weighted by Gasteiger charge is 2.28. The first-order chi connectivity index (χ1) is 15.7. The van der Waals surface area contributed by atoms with Gasteiger partial charge in [-0.05, 0) is 23.8 Å². The predicted octanol–water partition coefficient (Wildman–Crippen LogP) is 3.55. The lowest BCUT2D eigenvalue weighted by Gasteiger charge is -2.14. The molecule has 7 heteroatoms. The first-order valence-corrected chi connectivity index (χ1v) is 10.5. The lowest BCUT2D eigenvalue weighted by atomic mass is 9.87. The van der Waals surface area contributed by atoms with Gasteiger partial charge in [-0.3, -0.25) is 9.48 Å². The molecule has 0 saturated heterocycles. The highest BCUT2D eigenvalue weighted by atomic mass is 16.7. The zero-order valence-electron chi connectivity index (χ0n) is 17.2. The molecule has 0 amide bonds. The number of ketones is 1. The molecule has 1 atom stereocenters. The fourth-order valence-corrected chi connectivity index (χ4v) is 4.37. The normalized spacial score (nSPS) is 14.6. The fourth-order valence-electron chi connectivity index (χ4n) is 4.37. The molecule has 0 fully saturated rings. The summed E-state index contributed by atoms with van der Waals surface area (Å²) in [5, 5.41) is 16.2. The molecule has 7 nitrogen and oxygen atoms in total. The minimum atomic E-state index is -0.754. The SMILES string of the molecule is O=C1c2ccccc2-c2nn(C[C@@H](O)COCc3ccc4c(c3)OCO4)c3cccc1c23. The van der Waals surface area contributed by atoms with Gasteiger partial charge in [0, 0.05) is 22.1 Å². The average Bonchev–Trinajstić information content (AvgIpc) is 3.43. The first-order valence-electron chi connectivity index (χ1n) is 10.5. The van der Waals surface area contributed by atoms with Crippen LogP contribution in [0, 0.1) is 0 Å². The minimum Gasteiger partial charge on any atom is -0.454 e. The Morgan fingerprint density at radius 3 is 2.72 bits per heavy atom. The number of ether oxygens (including phenoxy) is 3. The van der Waals surface area contributed by atoms with Gasteiger partial charge in [0.05, 0.1) is 31.4 Å². The third kappa shape index (κ3) is 3.05. The Morgan fingerprint density at radius 1 is 1.00 bits per heavy atom. The zero-order valence-corrected chi connectivity index (χ0v) is 17.2. The van der Waals surface area contributed by atoms with E-state index in [1.807, 2.05) is 60.7 Å². The number of hydrogen-bond acceptors (Lipinski definition) is 6. The van der Waals surface area contributed by atoms with E-state index in [0.29, 0.717) is 23.5 Å². The second kappa shape index (κ2) is 7.47. The Kier molecular flexibility index (Phi) is 4.45. The van der Waals surface area contributed by atoms with E-state index in [1.165, 1.54) is 0 Å². The van der Waals surface area contributed by atoms with E-state index in [9.17, 15) is 9.90 Å². The molecule has 2 aliphatic rings. The minimum absolute atomic E-state index is 0.00542. The van der Waals surface area contributed by atoms with Crippen molar-refractivity contribution in [3.05, 3.63) is 77.4 Å². The monoisotopic (exact) mass is 428 g/mol. The van der Waals surface area contributed by atoms with Crippen LogP contribution in [0.15, 0.2) is 60.7 Å². The van der Waals surface area contributed by atoms with E-state index in [2.05, 4.69) is 0 Å². The van der Waals surface area contributed by atoms with Crippen LogP contribution in [-0.4, -0.2) is 40.2 Å². The van der Waals surface area contributed by atoms with Crippen molar-refractivity contribution in [2.45, 2.75) is 19.3 Å². The van der Waals surface area contributed by atoms with Crippen LogP contribution < -0.4 is 9.47 Å². The van der Waals surface area contributed by atoms with Gasteiger partial charge >= 0.3 is 0 Å². The Morgan fingerprint density at radius 2 is 1.81 bits per heavy atom. The smallest absolute Gasteiger partial charge is 0.231 e. The van der Waals surface area contributed by atoms with Crippen molar-refractivity contribution in [1.82, 2.24) is 9.78 Å². The van der Waals surface area contributed by atoms with Crippen molar-refractivity contribution < 1.29 is 24.1 Å².